The van der Waals surface area contributed by atoms with Crippen molar-refractivity contribution in [2.45, 2.75) is 25.2 Å². The highest BCUT2D eigenvalue weighted by molar-refractivity contribution is 5.85. The summed E-state index contributed by atoms with van der Waals surface area (Å²) in [6.45, 7) is 0. The minimum atomic E-state index is -2.53. The topological polar surface area (TPSA) is 43.1 Å². The fourth-order valence-corrected chi connectivity index (χ4v) is 1.21. The van der Waals surface area contributed by atoms with Crippen LogP contribution in [0, 0.1) is 5.92 Å². The van der Waals surface area contributed by atoms with Crippen LogP contribution in [0.15, 0.2) is 0 Å². The molecule has 66 valence electrons. The van der Waals surface area contributed by atoms with Gasteiger partial charge in [-0.25, -0.2) is 8.78 Å². The fourth-order valence-electron chi connectivity index (χ4n) is 1.21. The molecule has 0 radical (unpaired) electrons. The van der Waals surface area contributed by atoms with Gasteiger partial charge in [-0.1, -0.05) is 0 Å². The summed E-state index contributed by atoms with van der Waals surface area (Å²) < 4.78 is 24.2. The average Bonchev–Trinajstić information content (AvgIpc) is 1.57. The molecule has 1 amide bonds. The number of rotatable bonds is 2. The highest BCUT2D eigenvalue weighted by Gasteiger charge is 2.45. The zero-order chi connectivity index (χ0) is 7.78. The van der Waals surface area contributed by atoms with Crippen LogP contribution in [0.1, 0.15) is 19.3 Å². The summed E-state index contributed by atoms with van der Waals surface area (Å²) in [6, 6.07) is 0. The Morgan fingerprint density at radius 1 is 1.55 bits per heavy atom. The number of nitrogens with two attached hydrogens (primary N) is 1. The van der Waals surface area contributed by atoms with Gasteiger partial charge in [0.05, 0.1) is 0 Å². The largest absolute Gasteiger partial charge is 0.370 e. The van der Waals surface area contributed by atoms with Crippen LogP contribution in [0.5, 0.6) is 0 Å². The summed E-state index contributed by atoms with van der Waals surface area (Å²) in [4.78, 5) is 10.2. The highest BCUT2D eigenvalue weighted by atomic mass is 35.5. The average molecular weight is 186 g/mol. The summed E-state index contributed by atoms with van der Waals surface area (Å²) in [6.07, 6.45) is -0.235. The van der Waals surface area contributed by atoms with Crippen molar-refractivity contribution in [1.82, 2.24) is 0 Å². The number of hydrogen-bond acceptors (Lipinski definition) is 1. The molecule has 0 aromatic heterocycles. The molecule has 1 aliphatic rings. The van der Waals surface area contributed by atoms with E-state index in [4.69, 9.17) is 5.73 Å². The quantitative estimate of drug-likeness (QED) is 0.693. The molecule has 0 unspecified atom stereocenters. The van der Waals surface area contributed by atoms with Crippen LogP contribution < -0.4 is 5.73 Å². The first-order valence-corrected chi connectivity index (χ1v) is 3.16. The van der Waals surface area contributed by atoms with Crippen molar-refractivity contribution in [1.29, 1.82) is 0 Å². The van der Waals surface area contributed by atoms with Gasteiger partial charge in [0.1, 0.15) is 0 Å². The lowest BCUT2D eigenvalue weighted by Crippen LogP contribution is -2.37. The zero-order valence-electron chi connectivity index (χ0n) is 5.85. The first-order valence-electron chi connectivity index (χ1n) is 3.16. The second-order valence-corrected chi connectivity index (χ2v) is 2.80. The summed E-state index contributed by atoms with van der Waals surface area (Å²) in [5.74, 6) is -3.19. The molecule has 1 aliphatic carbocycles. The van der Waals surface area contributed by atoms with Gasteiger partial charge in [-0.15, -0.1) is 12.4 Å². The van der Waals surface area contributed by atoms with Gasteiger partial charge in [-0.3, -0.25) is 4.79 Å². The molecule has 0 saturated heterocycles. The highest BCUT2D eigenvalue weighted by Crippen LogP contribution is 2.43. The molecule has 1 saturated carbocycles. The molecule has 0 aromatic rings. The third-order valence-corrected chi connectivity index (χ3v) is 1.66. The first-order chi connectivity index (χ1) is 4.49. The van der Waals surface area contributed by atoms with Gasteiger partial charge in [0, 0.05) is 19.3 Å². The molecule has 0 spiro atoms. The summed E-state index contributed by atoms with van der Waals surface area (Å²) >= 11 is 0. The molecule has 0 bridgehead atoms. The number of primary amides is 1. The molecule has 1 fully saturated rings. The molecule has 1 rings (SSSR count). The Bertz CT molecular complexity index is 155. The van der Waals surface area contributed by atoms with Gasteiger partial charge in [0.15, 0.2) is 0 Å². The Morgan fingerprint density at radius 2 is 2.00 bits per heavy atom. The predicted molar refractivity (Wildman–Crippen MR) is 38.7 cm³/mol. The number of hydrogen-bond donors (Lipinski definition) is 1. The molecular weight excluding hydrogens is 176 g/mol. The number of amides is 1. The molecule has 5 heteroatoms. The van der Waals surface area contributed by atoms with Crippen LogP contribution >= 0.6 is 12.4 Å². The second kappa shape index (κ2) is 3.34. The van der Waals surface area contributed by atoms with Crippen molar-refractivity contribution in [2.24, 2.45) is 11.7 Å². The van der Waals surface area contributed by atoms with Crippen molar-refractivity contribution < 1.29 is 13.6 Å². The van der Waals surface area contributed by atoms with Gasteiger partial charge < -0.3 is 5.73 Å². The van der Waals surface area contributed by atoms with Gasteiger partial charge in [-0.05, 0) is 5.92 Å². The van der Waals surface area contributed by atoms with E-state index in [-0.39, 0.29) is 37.6 Å². The Hall–Kier alpha value is -0.380. The molecule has 2 nitrogen and oxygen atoms in total. The number of halogens is 3. The standard InChI is InChI=1S/C6H9F2NO.ClH/c7-6(8)2-4(3-6)1-5(9)10;/h4H,1-3H2,(H2,9,10);1H. The lowest BCUT2D eigenvalue weighted by molar-refractivity contribution is -0.131. The van der Waals surface area contributed by atoms with Crippen LogP contribution in [0.25, 0.3) is 0 Å². The van der Waals surface area contributed by atoms with Crippen molar-refractivity contribution in [3.05, 3.63) is 0 Å². The maximum Gasteiger partial charge on any atom is 0.248 e. The molecule has 0 heterocycles. The summed E-state index contributed by atoms with van der Waals surface area (Å²) in [5, 5.41) is 0. The third-order valence-electron chi connectivity index (χ3n) is 1.66. The van der Waals surface area contributed by atoms with Crippen molar-refractivity contribution >= 4 is 18.3 Å². The fraction of sp³-hybridized carbons (Fsp3) is 0.833. The van der Waals surface area contributed by atoms with Crippen LogP contribution in [0.4, 0.5) is 8.78 Å². The maximum absolute atomic E-state index is 12.1. The SMILES string of the molecule is Cl.NC(=O)CC1CC(F)(F)C1. The smallest absolute Gasteiger partial charge is 0.248 e. The molecule has 0 aromatic carbocycles. The molecule has 0 aliphatic heterocycles. The molecule has 2 N–H and O–H groups in total. The number of alkyl halides is 2. The number of carbonyl (C=O) groups excluding carboxylic acids is 1. The molecular formula is C6H10ClF2NO. The third kappa shape index (κ3) is 3.01. The monoisotopic (exact) mass is 185 g/mol. The van der Waals surface area contributed by atoms with Crippen molar-refractivity contribution in [2.75, 3.05) is 0 Å². The van der Waals surface area contributed by atoms with Gasteiger partial charge in [0.25, 0.3) is 0 Å². The Labute approximate surface area is 69.5 Å². The van der Waals surface area contributed by atoms with Crippen molar-refractivity contribution in [3.63, 3.8) is 0 Å². The van der Waals surface area contributed by atoms with E-state index in [0.29, 0.717) is 0 Å². The van der Waals surface area contributed by atoms with E-state index in [1.165, 1.54) is 0 Å². The van der Waals surface area contributed by atoms with Crippen molar-refractivity contribution in [3.8, 4) is 0 Å². The Balaban J connectivity index is 0.000001000. The van der Waals surface area contributed by atoms with Gasteiger partial charge in [-0.2, -0.15) is 0 Å². The van der Waals surface area contributed by atoms with E-state index in [9.17, 15) is 13.6 Å². The van der Waals surface area contributed by atoms with E-state index in [0.717, 1.165) is 0 Å². The second-order valence-electron chi connectivity index (χ2n) is 2.80. The van der Waals surface area contributed by atoms with E-state index >= 15 is 0 Å². The van der Waals surface area contributed by atoms with E-state index in [2.05, 4.69) is 0 Å². The van der Waals surface area contributed by atoms with Crippen LogP contribution in [0.2, 0.25) is 0 Å². The Kier molecular flexibility index (Phi) is 3.23. The normalized spacial score (nSPS) is 21.6. The lowest BCUT2D eigenvalue weighted by atomic mass is 9.79. The van der Waals surface area contributed by atoms with Crippen LogP contribution in [0.3, 0.4) is 0 Å². The van der Waals surface area contributed by atoms with Gasteiger partial charge >= 0.3 is 0 Å². The first kappa shape index (κ1) is 10.6. The lowest BCUT2D eigenvalue weighted by Gasteiger charge is -2.33. The zero-order valence-corrected chi connectivity index (χ0v) is 6.66. The van der Waals surface area contributed by atoms with Crippen LogP contribution in [-0.4, -0.2) is 11.8 Å². The Morgan fingerprint density at radius 3 is 2.27 bits per heavy atom. The number of carbonyl (C=O) groups is 1. The van der Waals surface area contributed by atoms with E-state index < -0.39 is 11.8 Å². The predicted octanol–water partition coefficient (Wildman–Crippen LogP) is 1.33. The van der Waals surface area contributed by atoms with E-state index in [1.807, 2.05) is 0 Å². The molecule has 0 atom stereocenters. The minimum Gasteiger partial charge on any atom is -0.370 e. The van der Waals surface area contributed by atoms with E-state index in [1.54, 1.807) is 0 Å². The molecule has 11 heavy (non-hydrogen) atoms. The minimum absolute atomic E-state index is 0. The maximum atomic E-state index is 12.1. The summed E-state index contributed by atoms with van der Waals surface area (Å²) in [7, 11) is 0. The van der Waals surface area contributed by atoms with Crippen LogP contribution in [-0.2, 0) is 4.79 Å². The van der Waals surface area contributed by atoms with Gasteiger partial charge in [0.2, 0.25) is 11.8 Å². The summed E-state index contributed by atoms with van der Waals surface area (Å²) in [5.41, 5.74) is 4.81.